The molecule has 0 aliphatic carbocycles. The standard InChI is InChI=1S/C9H15N/c1-3-8-6-5-7-10-9(8)4-2/h3-4,10H,5-7H2,1-2H3/b8-3-,9-4+. The zero-order valence-electron chi connectivity index (χ0n) is 6.78. The first-order valence-corrected chi connectivity index (χ1v) is 3.94. The normalized spacial score (nSPS) is 27.0. The Bertz CT molecular complexity index is 146. The monoisotopic (exact) mass is 137 g/mol. The largest absolute Gasteiger partial charge is 0.385 e. The number of nitrogens with one attached hydrogen (secondary N) is 1. The van der Waals surface area contributed by atoms with E-state index in [1.54, 1.807) is 0 Å². The van der Waals surface area contributed by atoms with E-state index in [4.69, 9.17) is 0 Å². The summed E-state index contributed by atoms with van der Waals surface area (Å²) in [5.41, 5.74) is 2.79. The highest BCUT2D eigenvalue weighted by Crippen LogP contribution is 2.17. The molecule has 0 bridgehead atoms. The highest BCUT2D eigenvalue weighted by atomic mass is 14.9. The summed E-state index contributed by atoms with van der Waals surface area (Å²) in [4.78, 5) is 0. The average Bonchev–Trinajstić information content (AvgIpc) is 2.04. The lowest BCUT2D eigenvalue weighted by Gasteiger charge is -2.19. The van der Waals surface area contributed by atoms with Crippen LogP contribution in [0.4, 0.5) is 0 Å². The van der Waals surface area contributed by atoms with Crippen LogP contribution in [0.2, 0.25) is 0 Å². The second kappa shape index (κ2) is 3.45. The van der Waals surface area contributed by atoms with Crippen molar-refractivity contribution in [3.05, 3.63) is 23.4 Å². The van der Waals surface area contributed by atoms with Crippen LogP contribution in [0.1, 0.15) is 26.7 Å². The van der Waals surface area contributed by atoms with Gasteiger partial charge in [0, 0.05) is 12.2 Å². The fraction of sp³-hybridized carbons (Fsp3) is 0.556. The third-order valence-electron chi connectivity index (χ3n) is 1.92. The molecule has 0 saturated carbocycles. The average molecular weight is 137 g/mol. The fourth-order valence-corrected chi connectivity index (χ4v) is 1.34. The Morgan fingerprint density at radius 3 is 2.60 bits per heavy atom. The van der Waals surface area contributed by atoms with Crippen LogP contribution in [-0.4, -0.2) is 6.54 Å². The van der Waals surface area contributed by atoms with Gasteiger partial charge in [-0.2, -0.15) is 0 Å². The number of piperidine rings is 1. The van der Waals surface area contributed by atoms with Crippen molar-refractivity contribution in [2.45, 2.75) is 26.7 Å². The molecular weight excluding hydrogens is 122 g/mol. The molecule has 0 amide bonds. The van der Waals surface area contributed by atoms with Crippen molar-refractivity contribution in [3.63, 3.8) is 0 Å². The van der Waals surface area contributed by atoms with Gasteiger partial charge in [-0.25, -0.2) is 0 Å². The Morgan fingerprint density at radius 2 is 2.10 bits per heavy atom. The van der Waals surface area contributed by atoms with Gasteiger partial charge < -0.3 is 5.32 Å². The van der Waals surface area contributed by atoms with Crippen LogP contribution in [0.25, 0.3) is 0 Å². The fourth-order valence-electron chi connectivity index (χ4n) is 1.34. The predicted octanol–water partition coefficient (Wildman–Crippen LogP) is 2.22. The summed E-state index contributed by atoms with van der Waals surface area (Å²) >= 11 is 0. The van der Waals surface area contributed by atoms with Crippen molar-refractivity contribution in [1.29, 1.82) is 0 Å². The molecule has 0 aromatic carbocycles. The van der Waals surface area contributed by atoms with Crippen LogP contribution in [0, 0.1) is 0 Å². The van der Waals surface area contributed by atoms with Crippen molar-refractivity contribution in [3.8, 4) is 0 Å². The molecule has 1 rings (SSSR count). The van der Waals surface area contributed by atoms with Crippen molar-refractivity contribution < 1.29 is 0 Å². The van der Waals surface area contributed by atoms with Gasteiger partial charge in [0.25, 0.3) is 0 Å². The zero-order chi connectivity index (χ0) is 7.40. The lowest BCUT2D eigenvalue weighted by atomic mass is 10.0. The minimum atomic E-state index is 1.14. The van der Waals surface area contributed by atoms with Gasteiger partial charge in [-0.1, -0.05) is 12.2 Å². The second-order valence-corrected chi connectivity index (χ2v) is 2.55. The quantitative estimate of drug-likeness (QED) is 0.540. The molecule has 1 aliphatic rings. The molecular formula is C9H15N. The summed E-state index contributed by atoms with van der Waals surface area (Å²) in [6.07, 6.45) is 6.86. The molecule has 0 unspecified atom stereocenters. The minimum Gasteiger partial charge on any atom is -0.385 e. The SMILES string of the molecule is C/C=C1/CCCN/C1=C/C. The van der Waals surface area contributed by atoms with Crippen LogP contribution < -0.4 is 5.32 Å². The zero-order valence-corrected chi connectivity index (χ0v) is 6.78. The smallest absolute Gasteiger partial charge is 0.0326 e. The van der Waals surface area contributed by atoms with Crippen molar-refractivity contribution in [2.24, 2.45) is 0 Å². The Labute approximate surface area is 62.8 Å². The van der Waals surface area contributed by atoms with E-state index in [2.05, 4.69) is 31.3 Å². The molecule has 1 heteroatoms. The molecule has 1 N–H and O–H groups in total. The van der Waals surface area contributed by atoms with Crippen molar-refractivity contribution in [2.75, 3.05) is 6.54 Å². The first kappa shape index (κ1) is 7.39. The minimum absolute atomic E-state index is 1.14. The summed E-state index contributed by atoms with van der Waals surface area (Å²) in [5, 5.41) is 3.36. The van der Waals surface area contributed by atoms with Crippen molar-refractivity contribution in [1.82, 2.24) is 5.32 Å². The maximum Gasteiger partial charge on any atom is 0.0326 e. The van der Waals surface area contributed by atoms with E-state index >= 15 is 0 Å². The highest BCUT2D eigenvalue weighted by Gasteiger charge is 2.07. The Hall–Kier alpha value is -0.720. The lowest BCUT2D eigenvalue weighted by Crippen LogP contribution is -2.21. The van der Waals surface area contributed by atoms with Crippen molar-refractivity contribution >= 4 is 0 Å². The summed E-state index contributed by atoms with van der Waals surface area (Å²) < 4.78 is 0. The van der Waals surface area contributed by atoms with Crippen LogP contribution in [0.3, 0.4) is 0 Å². The van der Waals surface area contributed by atoms with Crippen LogP contribution in [-0.2, 0) is 0 Å². The first-order chi connectivity index (χ1) is 4.88. The second-order valence-electron chi connectivity index (χ2n) is 2.55. The highest BCUT2D eigenvalue weighted by molar-refractivity contribution is 5.30. The molecule has 10 heavy (non-hydrogen) atoms. The Morgan fingerprint density at radius 1 is 1.30 bits per heavy atom. The summed E-state index contributed by atoms with van der Waals surface area (Å²) in [5.74, 6) is 0. The predicted molar refractivity (Wildman–Crippen MR) is 44.8 cm³/mol. The maximum atomic E-state index is 3.36. The molecule has 0 radical (unpaired) electrons. The molecule has 1 aliphatic heterocycles. The molecule has 1 heterocycles. The molecule has 1 saturated heterocycles. The van der Waals surface area contributed by atoms with Crippen LogP contribution in [0.5, 0.6) is 0 Å². The third kappa shape index (κ3) is 1.41. The Kier molecular flexibility index (Phi) is 2.55. The molecule has 56 valence electrons. The molecule has 0 spiro atoms. The van der Waals surface area contributed by atoms with Gasteiger partial charge in [0.05, 0.1) is 0 Å². The van der Waals surface area contributed by atoms with E-state index in [1.807, 2.05) is 0 Å². The lowest BCUT2D eigenvalue weighted by molar-refractivity contribution is 0.667. The Balaban J connectivity index is 2.69. The van der Waals surface area contributed by atoms with Crippen LogP contribution >= 0.6 is 0 Å². The van der Waals surface area contributed by atoms with Gasteiger partial charge in [0.1, 0.15) is 0 Å². The van der Waals surface area contributed by atoms with E-state index in [9.17, 15) is 0 Å². The number of hydrogen-bond donors (Lipinski definition) is 1. The topological polar surface area (TPSA) is 12.0 Å². The van der Waals surface area contributed by atoms with Gasteiger partial charge in [0.2, 0.25) is 0 Å². The van der Waals surface area contributed by atoms with E-state index in [-0.39, 0.29) is 0 Å². The summed E-state index contributed by atoms with van der Waals surface area (Å²) in [6, 6.07) is 0. The molecule has 0 aromatic heterocycles. The molecule has 0 aromatic rings. The number of allylic oxidation sites excluding steroid dienone is 3. The van der Waals surface area contributed by atoms with Gasteiger partial charge >= 0.3 is 0 Å². The first-order valence-electron chi connectivity index (χ1n) is 3.94. The summed E-state index contributed by atoms with van der Waals surface area (Å²) in [7, 11) is 0. The van der Waals surface area contributed by atoms with E-state index in [0.717, 1.165) is 6.54 Å². The molecule has 0 atom stereocenters. The van der Waals surface area contributed by atoms with Gasteiger partial charge in [0.15, 0.2) is 0 Å². The summed E-state index contributed by atoms with van der Waals surface area (Å²) in [6.45, 7) is 5.32. The molecule has 1 nitrogen and oxygen atoms in total. The van der Waals surface area contributed by atoms with Gasteiger partial charge in [-0.05, 0) is 32.3 Å². The molecule has 1 fully saturated rings. The van der Waals surface area contributed by atoms with E-state index in [0.29, 0.717) is 0 Å². The van der Waals surface area contributed by atoms with Gasteiger partial charge in [-0.3, -0.25) is 0 Å². The van der Waals surface area contributed by atoms with Gasteiger partial charge in [-0.15, -0.1) is 0 Å². The van der Waals surface area contributed by atoms with Crippen LogP contribution in [0.15, 0.2) is 23.4 Å². The number of rotatable bonds is 0. The third-order valence-corrected chi connectivity index (χ3v) is 1.92. The number of hydrogen-bond acceptors (Lipinski definition) is 1. The van der Waals surface area contributed by atoms with E-state index < -0.39 is 0 Å². The maximum absolute atomic E-state index is 3.36. The van der Waals surface area contributed by atoms with E-state index in [1.165, 1.54) is 24.1 Å².